The zero-order valence-corrected chi connectivity index (χ0v) is 24.7. The van der Waals surface area contributed by atoms with E-state index < -0.39 is 6.04 Å². The number of hydrogen-bond acceptors (Lipinski definition) is 4. The average Bonchev–Trinajstić information content (AvgIpc) is 3.21. The zero-order chi connectivity index (χ0) is 30.3. The zero-order valence-electron chi connectivity index (χ0n) is 24.7. The van der Waals surface area contributed by atoms with Crippen molar-refractivity contribution in [1.82, 2.24) is 15.5 Å². The Kier molecular flexibility index (Phi) is 8.99. The lowest BCUT2D eigenvalue weighted by molar-refractivity contribution is -0.133. The summed E-state index contributed by atoms with van der Waals surface area (Å²) in [4.78, 5) is 29.4. The van der Waals surface area contributed by atoms with Gasteiger partial charge in [0.1, 0.15) is 0 Å². The molecule has 1 aliphatic rings. The van der Waals surface area contributed by atoms with Gasteiger partial charge in [-0.05, 0) is 52.1 Å². The van der Waals surface area contributed by atoms with Crippen LogP contribution in [0.3, 0.4) is 0 Å². The topological polar surface area (TPSA) is 87.5 Å². The van der Waals surface area contributed by atoms with Gasteiger partial charge in [0.05, 0.1) is 6.04 Å². The molecular weight excluding hydrogens is 544 g/mol. The third kappa shape index (κ3) is 6.82. The molecular formula is C38H38N4O2. The van der Waals surface area contributed by atoms with Crippen molar-refractivity contribution in [1.29, 1.82) is 0 Å². The van der Waals surface area contributed by atoms with E-state index in [4.69, 9.17) is 5.73 Å². The van der Waals surface area contributed by atoms with Gasteiger partial charge in [0.25, 0.3) is 5.91 Å². The maximum Gasteiger partial charge on any atom is 0.251 e. The minimum Gasteiger partial charge on any atom is -0.399 e. The molecule has 0 radical (unpaired) electrons. The largest absolute Gasteiger partial charge is 0.399 e. The molecule has 0 aliphatic carbocycles. The van der Waals surface area contributed by atoms with E-state index in [1.807, 2.05) is 108 Å². The molecule has 4 N–H and O–H groups in total. The molecule has 6 nitrogen and oxygen atoms in total. The summed E-state index contributed by atoms with van der Waals surface area (Å²) in [6.45, 7) is 2.11. The molecule has 5 aromatic carbocycles. The number of anilines is 1. The molecule has 0 bridgehead atoms. The highest BCUT2D eigenvalue weighted by Crippen LogP contribution is 2.27. The van der Waals surface area contributed by atoms with Crippen molar-refractivity contribution < 1.29 is 9.59 Å². The van der Waals surface area contributed by atoms with Gasteiger partial charge in [0.15, 0.2) is 0 Å². The summed E-state index contributed by atoms with van der Waals surface area (Å²) in [5, 5.41) is 8.81. The van der Waals surface area contributed by atoms with E-state index in [0.717, 1.165) is 27.5 Å². The minimum atomic E-state index is -0.423. The number of carbonyl (C=O) groups is 2. The summed E-state index contributed by atoms with van der Waals surface area (Å²) in [5.74, 6) is -0.0326. The highest BCUT2D eigenvalue weighted by atomic mass is 16.2. The first-order valence-electron chi connectivity index (χ1n) is 15.3. The first-order chi connectivity index (χ1) is 21.5. The number of fused-ring (bicyclic) bond motifs is 1. The molecule has 6 heteroatoms. The second-order valence-corrected chi connectivity index (χ2v) is 11.6. The maximum atomic E-state index is 14.2. The number of rotatable bonds is 9. The van der Waals surface area contributed by atoms with E-state index in [0.29, 0.717) is 43.9 Å². The lowest BCUT2D eigenvalue weighted by Crippen LogP contribution is -2.46. The lowest BCUT2D eigenvalue weighted by Gasteiger charge is -2.31. The van der Waals surface area contributed by atoms with Crippen LogP contribution < -0.4 is 16.4 Å². The number of carbonyl (C=O) groups excluding carboxylic acids is 2. The van der Waals surface area contributed by atoms with Crippen LogP contribution in [0.1, 0.15) is 33.0 Å². The lowest BCUT2D eigenvalue weighted by atomic mass is 9.90. The molecule has 1 aliphatic heterocycles. The Bertz CT molecular complexity index is 1680. The monoisotopic (exact) mass is 582 g/mol. The Morgan fingerprint density at radius 3 is 2.16 bits per heavy atom. The van der Waals surface area contributed by atoms with Crippen LogP contribution >= 0.6 is 0 Å². The van der Waals surface area contributed by atoms with Crippen molar-refractivity contribution in [2.75, 3.05) is 31.9 Å². The van der Waals surface area contributed by atoms with Crippen LogP contribution in [0.15, 0.2) is 127 Å². The summed E-state index contributed by atoms with van der Waals surface area (Å²) < 4.78 is 0. The molecule has 0 spiro atoms. The Morgan fingerprint density at radius 2 is 1.45 bits per heavy atom. The molecule has 0 aromatic heterocycles. The Balaban J connectivity index is 1.24. The fourth-order valence-electron chi connectivity index (χ4n) is 6.15. The third-order valence-corrected chi connectivity index (χ3v) is 8.59. The smallest absolute Gasteiger partial charge is 0.251 e. The first-order valence-corrected chi connectivity index (χ1v) is 15.3. The SMILES string of the molecule is Nc1ccccc1C[C@@H]1NC[C@@H](CNC(=O)c2ccc3ccccc3c2)CN(CC(c2ccccc2)c2ccccc2)C1=O. The summed E-state index contributed by atoms with van der Waals surface area (Å²) in [6.07, 6.45) is 0.500. The van der Waals surface area contributed by atoms with Gasteiger partial charge in [-0.25, -0.2) is 0 Å². The van der Waals surface area contributed by atoms with Crippen molar-refractivity contribution in [3.8, 4) is 0 Å². The van der Waals surface area contributed by atoms with Crippen LogP contribution in [0, 0.1) is 5.92 Å². The molecule has 222 valence electrons. The van der Waals surface area contributed by atoms with E-state index in [1.54, 1.807) is 0 Å². The number of amides is 2. The van der Waals surface area contributed by atoms with Gasteiger partial charge >= 0.3 is 0 Å². The molecule has 2 amide bonds. The molecule has 0 saturated carbocycles. The summed E-state index contributed by atoms with van der Waals surface area (Å²) in [7, 11) is 0. The predicted octanol–water partition coefficient (Wildman–Crippen LogP) is 5.64. The van der Waals surface area contributed by atoms with Crippen LogP contribution in [0.4, 0.5) is 5.69 Å². The summed E-state index contributed by atoms with van der Waals surface area (Å²) >= 11 is 0. The molecule has 1 heterocycles. The van der Waals surface area contributed by atoms with Crippen LogP contribution in [0.2, 0.25) is 0 Å². The number of hydrogen-bond donors (Lipinski definition) is 3. The second kappa shape index (κ2) is 13.6. The highest BCUT2D eigenvalue weighted by Gasteiger charge is 2.33. The van der Waals surface area contributed by atoms with E-state index in [9.17, 15) is 9.59 Å². The van der Waals surface area contributed by atoms with Crippen LogP contribution in [0.5, 0.6) is 0 Å². The number of nitrogens with two attached hydrogens (primary N) is 1. The number of benzene rings is 5. The van der Waals surface area contributed by atoms with E-state index in [-0.39, 0.29) is 23.7 Å². The van der Waals surface area contributed by atoms with Crippen LogP contribution in [-0.2, 0) is 11.2 Å². The number of nitrogen functional groups attached to an aromatic ring is 1. The van der Waals surface area contributed by atoms with Crippen molar-refractivity contribution in [3.05, 3.63) is 150 Å². The normalized spacial score (nSPS) is 17.0. The molecule has 0 unspecified atom stereocenters. The van der Waals surface area contributed by atoms with Crippen LogP contribution in [0.25, 0.3) is 10.8 Å². The van der Waals surface area contributed by atoms with Crippen molar-refractivity contribution >= 4 is 28.3 Å². The molecule has 5 aromatic rings. The number of para-hydroxylation sites is 1. The van der Waals surface area contributed by atoms with Gasteiger partial charge in [0, 0.05) is 49.3 Å². The average molecular weight is 583 g/mol. The Labute approximate surface area is 258 Å². The van der Waals surface area contributed by atoms with Crippen molar-refractivity contribution in [3.63, 3.8) is 0 Å². The maximum absolute atomic E-state index is 14.2. The minimum absolute atomic E-state index is 0.00901. The highest BCUT2D eigenvalue weighted by molar-refractivity contribution is 5.98. The molecule has 1 saturated heterocycles. The standard InChI is InChI=1S/C38H38N4O2/c39-35-18-10-9-17-32(35)22-36-38(44)42(26-34(29-12-3-1-4-13-29)30-14-5-2-6-15-30)25-27(23-40-36)24-41-37(43)33-20-19-28-11-7-8-16-31(28)21-33/h1-21,27,34,36,40H,22-26,39H2,(H,41,43)/t27-,36-/m0/s1. The van der Waals surface area contributed by atoms with Crippen molar-refractivity contribution in [2.45, 2.75) is 18.4 Å². The van der Waals surface area contributed by atoms with Crippen LogP contribution in [-0.4, -0.2) is 48.9 Å². The Hall–Kier alpha value is -4.94. The van der Waals surface area contributed by atoms with Gasteiger partial charge in [-0.15, -0.1) is 0 Å². The van der Waals surface area contributed by atoms with Gasteiger partial charge in [-0.1, -0.05) is 109 Å². The van der Waals surface area contributed by atoms with Gasteiger partial charge < -0.3 is 21.3 Å². The summed E-state index contributed by atoms with van der Waals surface area (Å²) in [6, 6.07) is 41.8. The fourth-order valence-corrected chi connectivity index (χ4v) is 6.15. The second-order valence-electron chi connectivity index (χ2n) is 11.6. The number of nitrogens with one attached hydrogen (secondary N) is 2. The molecule has 2 atom stereocenters. The van der Waals surface area contributed by atoms with E-state index in [1.165, 1.54) is 0 Å². The Morgan fingerprint density at radius 1 is 0.818 bits per heavy atom. The first kappa shape index (κ1) is 29.1. The van der Waals surface area contributed by atoms with E-state index >= 15 is 0 Å². The quantitative estimate of drug-likeness (QED) is 0.196. The van der Waals surface area contributed by atoms with Gasteiger partial charge in [0.2, 0.25) is 5.91 Å². The third-order valence-electron chi connectivity index (χ3n) is 8.59. The number of nitrogens with zero attached hydrogens (tertiary/aromatic N) is 1. The molecule has 1 fully saturated rings. The predicted molar refractivity (Wildman–Crippen MR) is 177 cm³/mol. The van der Waals surface area contributed by atoms with Crippen molar-refractivity contribution in [2.24, 2.45) is 5.92 Å². The van der Waals surface area contributed by atoms with Gasteiger partial charge in [-0.3, -0.25) is 9.59 Å². The van der Waals surface area contributed by atoms with Gasteiger partial charge in [-0.2, -0.15) is 0 Å². The molecule has 44 heavy (non-hydrogen) atoms. The summed E-state index contributed by atoms with van der Waals surface area (Å²) in [5.41, 5.74) is 10.9. The van der Waals surface area contributed by atoms with E-state index in [2.05, 4.69) is 34.9 Å². The fraction of sp³-hybridized carbons (Fsp3) is 0.211. The molecule has 6 rings (SSSR count).